The minimum Gasteiger partial charge on any atom is -0.434 e. The van der Waals surface area contributed by atoms with E-state index in [-0.39, 0.29) is 17.2 Å². The Hall–Kier alpha value is -0.900. The van der Waals surface area contributed by atoms with Crippen molar-refractivity contribution in [3.63, 3.8) is 0 Å². The van der Waals surface area contributed by atoms with Crippen LogP contribution in [-0.2, 0) is 5.88 Å². The number of halogens is 4. The van der Waals surface area contributed by atoms with Crippen LogP contribution in [0, 0.1) is 5.82 Å². The molecule has 0 aliphatic heterocycles. The van der Waals surface area contributed by atoms with E-state index < -0.39 is 12.4 Å². The van der Waals surface area contributed by atoms with Gasteiger partial charge in [-0.1, -0.05) is 0 Å². The van der Waals surface area contributed by atoms with Gasteiger partial charge in [0.2, 0.25) is 0 Å². The highest BCUT2D eigenvalue weighted by atomic mass is 35.5. The number of hydrogen-bond acceptors (Lipinski definition) is 1. The van der Waals surface area contributed by atoms with Crippen molar-refractivity contribution in [2.24, 2.45) is 0 Å². The summed E-state index contributed by atoms with van der Waals surface area (Å²) in [6, 6.07) is 3.22. The SMILES string of the molecule is Fc1ccc(OC(F)F)c(CCl)c1. The van der Waals surface area contributed by atoms with E-state index in [1.54, 1.807) is 0 Å². The number of alkyl halides is 3. The Labute approximate surface area is 78.1 Å². The van der Waals surface area contributed by atoms with Crippen LogP contribution in [0.2, 0.25) is 0 Å². The van der Waals surface area contributed by atoms with E-state index in [1.807, 2.05) is 0 Å². The first-order valence-corrected chi connectivity index (χ1v) is 3.96. The lowest BCUT2D eigenvalue weighted by molar-refractivity contribution is -0.0503. The first-order valence-electron chi connectivity index (χ1n) is 3.42. The van der Waals surface area contributed by atoms with Gasteiger partial charge in [0.15, 0.2) is 0 Å². The lowest BCUT2D eigenvalue weighted by Crippen LogP contribution is -2.04. The molecule has 0 atom stereocenters. The number of hydrogen-bond donors (Lipinski definition) is 0. The summed E-state index contributed by atoms with van der Waals surface area (Å²) in [4.78, 5) is 0. The van der Waals surface area contributed by atoms with Crippen LogP contribution in [0.25, 0.3) is 0 Å². The fourth-order valence-electron chi connectivity index (χ4n) is 0.863. The van der Waals surface area contributed by atoms with Gasteiger partial charge < -0.3 is 4.74 Å². The minimum atomic E-state index is -2.92. The van der Waals surface area contributed by atoms with Crippen molar-refractivity contribution in [1.29, 1.82) is 0 Å². The Morgan fingerprint density at radius 2 is 2.08 bits per heavy atom. The van der Waals surface area contributed by atoms with Gasteiger partial charge in [-0.15, -0.1) is 11.6 Å². The molecule has 0 aliphatic rings. The molecule has 0 spiro atoms. The van der Waals surface area contributed by atoms with Crippen molar-refractivity contribution in [3.05, 3.63) is 29.6 Å². The van der Waals surface area contributed by atoms with E-state index in [0.29, 0.717) is 0 Å². The maximum atomic E-state index is 12.6. The van der Waals surface area contributed by atoms with Gasteiger partial charge in [0.1, 0.15) is 11.6 Å². The topological polar surface area (TPSA) is 9.23 Å². The van der Waals surface area contributed by atoms with Gasteiger partial charge in [0.25, 0.3) is 0 Å². The first-order chi connectivity index (χ1) is 6.13. The summed E-state index contributed by atoms with van der Waals surface area (Å²) in [6.45, 7) is -2.92. The quantitative estimate of drug-likeness (QED) is 0.697. The van der Waals surface area contributed by atoms with E-state index in [2.05, 4.69) is 4.74 Å². The van der Waals surface area contributed by atoms with E-state index in [4.69, 9.17) is 11.6 Å². The summed E-state index contributed by atoms with van der Waals surface area (Å²) in [7, 11) is 0. The van der Waals surface area contributed by atoms with Crippen molar-refractivity contribution in [3.8, 4) is 5.75 Å². The second-order valence-corrected chi connectivity index (χ2v) is 2.53. The molecule has 5 heteroatoms. The third kappa shape index (κ3) is 2.81. The summed E-state index contributed by atoms with van der Waals surface area (Å²) in [5.74, 6) is -0.691. The molecule has 0 fully saturated rings. The van der Waals surface area contributed by atoms with Crippen molar-refractivity contribution in [2.75, 3.05) is 0 Å². The summed E-state index contributed by atoms with van der Waals surface area (Å²) >= 11 is 5.40. The molecular weight excluding hydrogens is 205 g/mol. The molecule has 0 amide bonds. The second-order valence-electron chi connectivity index (χ2n) is 2.26. The molecule has 72 valence electrons. The molecule has 0 heterocycles. The van der Waals surface area contributed by atoms with Crippen LogP contribution in [0.15, 0.2) is 18.2 Å². The molecule has 1 aromatic carbocycles. The molecule has 13 heavy (non-hydrogen) atoms. The highest BCUT2D eigenvalue weighted by Gasteiger charge is 2.09. The lowest BCUT2D eigenvalue weighted by atomic mass is 10.2. The van der Waals surface area contributed by atoms with Crippen LogP contribution in [0.3, 0.4) is 0 Å². The fourth-order valence-corrected chi connectivity index (χ4v) is 1.07. The molecule has 0 aliphatic carbocycles. The van der Waals surface area contributed by atoms with E-state index in [0.717, 1.165) is 18.2 Å². The predicted octanol–water partition coefficient (Wildman–Crippen LogP) is 3.17. The molecule has 0 aromatic heterocycles. The van der Waals surface area contributed by atoms with Gasteiger partial charge in [0, 0.05) is 5.56 Å². The summed E-state index contributed by atoms with van der Waals surface area (Å²) < 4.78 is 40.2. The Balaban J connectivity index is 2.92. The predicted molar refractivity (Wildman–Crippen MR) is 42.6 cm³/mol. The Kier molecular flexibility index (Phi) is 3.42. The van der Waals surface area contributed by atoms with Crippen molar-refractivity contribution in [2.45, 2.75) is 12.5 Å². The molecule has 1 nitrogen and oxygen atoms in total. The summed E-state index contributed by atoms with van der Waals surface area (Å²) in [6.07, 6.45) is 0. The van der Waals surface area contributed by atoms with E-state index in [1.165, 1.54) is 0 Å². The maximum absolute atomic E-state index is 12.6. The van der Waals surface area contributed by atoms with Crippen LogP contribution >= 0.6 is 11.6 Å². The molecule has 0 saturated carbocycles. The van der Waals surface area contributed by atoms with Crippen LogP contribution < -0.4 is 4.74 Å². The van der Waals surface area contributed by atoms with Crippen molar-refractivity contribution in [1.82, 2.24) is 0 Å². The smallest absolute Gasteiger partial charge is 0.387 e. The van der Waals surface area contributed by atoms with Crippen LogP contribution in [0.4, 0.5) is 13.2 Å². The Bertz CT molecular complexity index is 291. The average molecular weight is 211 g/mol. The van der Waals surface area contributed by atoms with Gasteiger partial charge in [-0.3, -0.25) is 0 Å². The molecule has 1 rings (SSSR count). The standard InChI is InChI=1S/C8H6ClF3O/c9-4-5-3-6(10)1-2-7(5)13-8(11)12/h1-3,8H,4H2. The van der Waals surface area contributed by atoms with Gasteiger partial charge in [-0.2, -0.15) is 8.78 Å². The lowest BCUT2D eigenvalue weighted by Gasteiger charge is -2.07. The van der Waals surface area contributed by atoms with E-state index >= 15 is 0 Å². The summed E-state index contributed by atoms with van der Waals surface area (Å²) in [5.41, 5.74) is 0.210. The van der Waals surface area contributed by atoms with Gasteiger partial charge >= 0.3 is 6.61 Å². The average Bonchev–Trinajstić information content (AvgIpc) is 2.07. The van der Waals surface area contributed by atoms with Crippen LogP contribution in [0.1, 0.15) is 5.56 Å². The second kappa shape index (κ2) is 4.37. The fraction of sp³-hybridized carbons (Fsp3) is 0.250. The number of ether oxygens (including phenoxy) is 1. The van der Waals surface area contributed by atoms with Gasteiger partial charge in [-0.25, -0.2) is 4.39 Å². The first kappa shape index (κ1) is 10.2. The highest BCUT2D eigenvalue weighted by molar-refractivity contribution is 6.17. The van der Waals surface area contributed by atoms with Crippen LogP contribution in [0.5, 0.6) is 5.75 Å². The van der Waals surface area contributed by atoms with Crippen LogP contribution in [-0.4, -0.2) is 6.61 Å². The third-order valence-electron chi connectivity index (χ3n) is 1.38. The zero-order valence-electron chi connectivity index (χ0n) is 6.44. The Morgan fingerprint density at radius 1 is 1.38 bits per heavy atom. The number of benzene rings is 1. The molecule has 0 radical (unpaired) electrons. The van der Waals surface area contributed by atoms with Crippen molar-refractivity contribution >= 4 is 11.6 Å². The van der Waals surface area contributed by atoms with E-state index in [9.17, 15) is 13.2 Å². The summed E-state index contributed by atoms with van der Waals surface area (Å²) in [5, 5.41) is 0. The van der Waals surface area contributed by atoms with Crippen molar-refractivity contribution < 1.29 is 17.9 Å². The largest absolute Gasteiger partial charge is 0.434 e. The molecule has 0 N–H and O–H groups in total. The van der Waals surface area contributed by atoms with Gasteiger partial charge in [-0.05, 0) is 18.2 Å². The minimum absolute atomic E-state index is 0.0696. The molecule has 0 saturated heterocycles. The normalized spacial score (nSPS) is 10.5. The monoisotopic (exact) mass is 210 g/mol. The molecule has 0 unspecified atom stereocenters. The molecule has 1 aromatic rings. The third-order valence-corrected chi connectivity index (χ3v) is 1.67. The van der Waals surface area contributed by atoms with Gasteiger partial charge in [0.05, 0.1) is 5.88 Å². The molecule has 0 bridgehead atoms. The maximum Gasteiger partial charge on any atom is 0.387 e. The number of rotatable bonds is 3. The highest BCUT2D eigenvalue weighted by Crippen LogP contribution is 2.23. The Morgan fingerprint density at radius 3 is 2.62 bits per heavy atom. The zero-order chi connectivity index (χ0) is 9.84. The zero-order valence-corrected chi connectivity index (χ0v) is 7.19. The molecular formula is C8H6ClF3O.